The number of carbonyl (C=O) groups is 1. The van der Waals surface area contributed by atoms with Crippen LogP contribution in [0.25, 0.3) is 6.08 Å². The van der Waals surface area contributed by atoms with Gasteiger partial charge in [0.15, 0.2) is 0 Å². The van der Waals surface area contributed by atoms with E-state index in [1.165, 1.54) is 6.08 Å². The molecule has 0 aromatic heterocycles. The molecule has 1 rings (SSSR count). The van der Waals surface area contributed by atoms with Gasteiger partial charge in [0, 0.05) is 4.47 Å². The maximum Gasteiger partial charge on any atom is 0.259 e. The van der Waals surface area contributed by atoms with Gasteiger partial charge in [-0.25, -0.2) is 0 Å². The molecule has 2 N–H and O–H groups in total. The molecule has 0 saturated heterocycles. The molecule has 0 radical (unpaired) electrons. The van der Waals surface area contributed by atoms with Crippen molar-refractivity contribution in [2.24, 2.45) is 5.73 Å². The summed E-state index contributed by atoms with van der Waals surface area (Å²) in [5.74, 6) is -0.715. The second-order valence-electron chi connectivity index (χ2n) is 2.59. The van der Waals surface area contributed by atoms with Crippen LogP contribution in [0.5, 0.6) is 0 Å². The van der Waals surface area contributed by atoms with Gasteiger partial charge in [0.05, 0.1) is 0 Å². The van der Waals surface area contributed by atoms with Crippen LogP contribution in [0.15, 0.2) is 34.3 Å². The van der Waals surface area contributed by atoms with Crippen LogP contribution < -0.4 is 5.73 Å². The number of hydrogen-bond acceptors (Lipinski definition) is 2. The first kappa shape index (κ1) is 10.5. The Labute approximate surface area is 90.0 Å². The number of nitriles is 1. The number of primary amides is 1. The number of amides is 1. The zero-order valence-corrected chi connectivity index (χ0v) is 8.78. The van der Waals surface area contributed by atoms with Crippen LogP contribution in [0, 0.1) is 11.3 Å². The van der Waals surface area contributed by atoms with Crippen molar-refractivity contribution < 1.29 is 4.79 Å². The second kappa shape index (κ2) is 4.58. The summed E-state index contributed by atoms with van der Waals surface area (Å²) >= 11 is 3.28. The maximum absolute atomic E-state index is 10.7. The van der Waals surface area contributed by atoms with Gasteiger partial charge in [-0.2, -0.15) is 5.26 Å². The van der Waals surface area contributed by atoms with E-state index in [0.717, 1.165) is 10.0 Å². The number of nitrogens with two attached hydrogens (primary N) is 1. The summed E-state index contributed by atoms with van der Waals surface area (Å²) in [7, 11) is 0. The molecule has 70 valence electrons. The fraction of sp³-hybridized carbons (Fsp3) is 0. The highest BCUT2D eigenvalue weighted by Crippen LogP contribution is 2.14. The normalized spacial score (nSPS) is 10.7. The van der Waals surface area contributed by atoms with Crippen molar-refractivity contribution in [3.8, 4) is 6.07 Å². The highest BCUT2D eigenvalue weighted by atomic mass is 79.9. The predicted octanol–water partition coefficient (Wildman–Crippen LogP) is 1.84. The molecule has 0 atom stereocenters. The van der Waals surface area contributed by atoms with Crippen molar-refractivity contribution in [2.45, 2.75) is 0 Å². The number of benzene rings is 1. The number of carbonyl (C=O) groups excluding carboxylic acids is 1. The van der Waals surface area contributed by atoms with E-state index in [1.807, 2.05) is 12.1 Å². The number of hydrogen-bond donors (Lipinski definition) is 1. The highest BCUT2D eigenvalue weighted by molar-refractivity contribution is 9.10. The third-order valence-corrected chi connectivity index (χ3v) is 2.04. The first-order chi connectivity index (χ1) is 6.63. The molecule has 0 heterocycles. The van der Waals surface area contributed by atoms with Crippen LogP contribution in [-0.2, 0) is 4.79 Å². The lowest BCUT2D eigenvalue weighted by atomic mass is 10.1. The lowest BCUT2D eigenvalue weighted by molar-refractivity contribution is -0.114. The zero-order chi connectivity index (χ0) is 10.6. The lowest BCUT2D eigenvalue weighted by Gasteiger charge is -1.95. The van der Waals surface area contributed by atoms with Crippen LogP contribution in [0.4, 0.5) is 0 Å². The second-order valence-corrected chi connectivity index (χ2v) is 3.50. The van der Waals surface area contributed by atoms with E-state index in [-0.39, 0.29) is 5.57 Å². The van der Waals surface area contributed by atoms with Crippen molar-refractivity contribution in [2.75, 3.05) is 0 Å². The van der Waals surface area contributed by atoms with Gasteiger partial charge in [0.2, 0.25) is 0 Å². The van der Waals surface area contributed by atoms with Crippen molar-refractivity contribution in [1.29, 1.82) is 5.26 Å². The Morgan fingerprint density at radius 3 is 2.79 bits per heavy atom. The molecule has 0 spiro atoms. The Balaban J connectivity index is 3.08. The molecule has 0 aliphatic carbocycles. The number of rotatable bonds is 2. The summed E-state index contributed by atoms with van der Waals surface area (Å²) in [4.78, 5) is 10.7. The molecule has 1 amide bonds. The predicted molar refractivity (Wildman–Crippen MR) is 56.9 cm³/mol. The highest BCUT2D eigenvalue weighted by Gasteiger charge is 2.02. The summed E-state index contributed by atoms with van der Waals surface area (Å²) in [6, 6.07) is 8.98. The first-order valence-electron chi connectivity index (χ1n) is 3.80. The molecule has 4 heteroatoms. The SMILES string of the molecule is N#CC(=Cc1cccc(Br)c1)C(N)=O. The van der Waals surface area contributed by atoms with E-state index in [0.29, 0.717) is 0 Å². The third-order valence-electron chi connectivity index (χ3n) is 1.55. The van der Waals surface area contributed by atoms with Crippen molar-refractivity contribution in [3.63, 3.8) is 0 Å². The molecular formula is C10H7BrN2O. The first-order valence-corrected chi connectivity index (χ1v) is 4.60. The third kappa shape index (κ3) is 2.71. The fourth-order valence-corrected chi connectivity index (χ4v) is 1.34. The van der Waals surface area contributed by atoms with Crippen molar-refractivity contribution >= 4 is 27.9 Å². The molecule has 3 nitrogen and oxygen atoms in total. The van der Waals surface area contributed by atoms with E-state index >= 15 is 0 Å². The van der Waals surface area contributed by atoms with Crippen LogP contribution in [-0.4, -0.2) is 5.91 Å². The van der Waals surface area contributed by atoms with Gasteiger partial charge in [-0.05, 0) is 23.8 Å². The summed E-state index contributed by atoms with van der Waals surface area (Å²) in [5.41, 5.74) is 5.70. The van der Waals surface area contributed by atoms with Gasteiger partial charge in [0.25, 0.3) is 5.91 Å². The topological polar surface area (TPSA) is 66.9 Å². The molecular weight excluding hydrogens is 244 g/mol. The molecule has 0 saturated carbocycles. The Morgan fingerprint density at radius 2 is 2.29 bits per heavy atom. The smallest absolute Gasteiger partial charge is 0.259 e. The van der Waals surface area contributed by atoms with Crippen LogP contribution in [0.2, 0.25) is 0 Å². The molecule has 0 unspecified atom stereocenters. The molecule has 1 aromatic carbocycles. The summed E-state index contributed by atoms with van der Waals surface area (Å²) in [5, 5.41) is 8.60. The minimum absolute atomic E-state index is 0.0527. The summed E-state index contributed by atoms with van der Waals surface area (Å²) in [6.45, 7) is 0. The summed E-state index contributed by atoms with van der Waals surface area (Å²) in [6.07, 6.45) is 1.45. The average Bonchev–Trinajstić information content (AvgIpc) is 2.14. The van der Waals surface area contributed by atoms with Crippen LogP contribution >= 0.6 is 15.9 Å². The zero-order valence-electron chi connectivity index (χ0n) is 7.20. The van der Waals surface area contributed by atoms with Gasteiger partial charge in [-0.1, -0.05) is 28.1 Å². The number of halogens is 1. The van der Waals surface area contributed by atoms with Gasteiger partial charge in [0.1, 0.15) is 11.6 Å². The van der Waals surface area contributed by atoms with E-state index in [9.17, 15) is 4.79 Å². The maximum atomic E-state index is 10.7. The van der Waals surface area contributed by atoms with Crippen LogP contribution in [0.3, 0.4) is 0 Å². The molecule has 0 fully saturated rings. The van der Waals surface area contributed by atoms with Gasteiger partial charge < -0.3 is 5.73 Å². The fourth-order valence-electron chi connectivity index (χ4n) is 0.922. The summed E-state index contributed by atoms with van der Waals surface area (Å²) < 4.78 is 0.882. The minimum Gasteiger partial charge on any atom is -0.365 e. The largest absolute Gasteiger partial charge is 0.365 e. The molecule has 14 heavy (non-hydrogen) atoms. The molecule has 0 aliphatic rings. The van der Waals surface area contributed by atoms with E-state index < -0.39 is 5.91 Å². The monoisotopic (exact) mass is 250 g/mol. The lowest BCUT2D eigenvalue weighted by Crippen LogP contribution is -2.12. The van der Waals surface area contributed by atoms with Gasteiger partial charge in [-0.15, -0.1) is 0 Å². The minimum atomic E-state index is -0.715. The van der Waals surface area contributed by atoms with E-state index in [2.05, 4.69) is 15.9 Å². The Hall–Kier alpha value is -1.60. The Kier molecular flexibility index (Phi) is 3.43. The Bertz CT molecular complexity index is 432. The quantitative estimate of drug-likeness (QED) is 0.643. The van der Waals surface area contributed by atoms with Gasteiger partial charge >= 0.3 is 0 Å². The standard InChI is InChI=1S/C10H7BrN2O/c11-9-3-1-2-7(5-9)4-8(6-12)10(13)14/h1-5H,(H2,13,14). The van der Waals surface area contributed by atoms with E-state index in [4.69, 9.17) is 11.0 Å². The molecule has 1 aromatic rings. The van der Waals surface area contributed by atoms with Crippen molar-refractivity contribution in [1.82, 2.24) is 0 Å². The molecule has 0 aliphatic heterocycles. The average molecular weight is 251 g/mol. The van der Waals surface area contributed by atoms with Gasteiger partial charge in [-0.3, -0.25) is 4.79 Å². The Morgan fingerprint density at radius 1 is 1.57 bits per heavy atom. The van der Waals surface area contributed by atoms with E-state index in [1.54, 1.807) is 18.2 Å². The number of nitrogens with zero attached hydrogens (tertiary/aromatic N) is 1. The molecule has 0 bridgehead atoms. The van der Waals surface area contributed by atoms with Crippen LogP contribution in [0.1, 0.15) is 5.56 Å². The van der Waals surface area contributed by atoms with Crippen molar-refractivity contribution in [3.05, 3.63) is 39.9 Å².